The molecule has 0 atom stereocenters. The van der Waals surface area contributed by atoms with E-state index in [4.69, 9.17) is 4.84 Å². The van der Waals surface area contributed by atoms with Crippen molar-refractivity contribution < 1.29 is 22.8 Å². The number of hydrogen-bond acceptors (Lipinski definition) is 6. The second kappa shape index (κ2) is 7.61. The lowest BCUT2D eigenvalue weighted by Crippen LogP contribution is -2.30. The van der Waals surface area contributed by atoms with Gasteiger partial charge in [-0.2, -0.15) is 0 Å². The molecule has 9 heteroatoms. The Kier molecular flexibility index (Phi) is 5.48. The summed E-state index contributed by atoms with van der Waals surface area (Å²) in [7, 11) is -3.80. The van der Waals surface area contributed by atoms with Crippen LogP contribution in [0.15, 0.2) is 29.2 Å². The number of amides is 2. The molecule has 25 heavy (non-hydrogen) atoms. The second-order valence-corrected chi connectivity index (χ2v) is 7.75. The third-order valence-electron chi connectivity index (χ3n) is 4.33. The molecular weight excluding hydrogens is 346 g/mol. The molecular formula is C16H21N3O5S. The molecule has 1 N–H and O–H groups in total. The highest BCUT2D eigenvalue weighted by atomic mass is 32.2. The molecule has 1 aromatic carbocycles. The van der Waals surface area contributed by atoms with Gasteiger partial charge in [0.2, 0.25) is 11.8 Å². The Balaban J connectivity index is 1.56. The van der Waals surface area contributed by atoms with Crippen molar-refractivity contribution >= 4 is 27.5 Å². The molecule has 0 unspecified atom stereocenters. The highest BCUT2D eigenvalue weighted by molar-refractivity contribution is 7.89. The first kappa shape index (κ1) is 18.0. The molecule has 136 valence electrons. The van der Waals surface area contributed by atoms with Crippen LogP contribution in [0.5, 0.6) is 0 Å². The molecule has 1 aromatic rings. The molecule has 0 bridgehead atoms. The molecule has 0 saturated carbocycles. The van der Waals surface area contributed by atoms with Crippen molar-refractivity contribution in [3.63, 3.8) is 0 Å². The van der Waals surface area contributed by atoms with E-state index in [9.17, 15) is 18.0 Å². The number of benzene rings is 1. The average Bonchev–Trinajstić information content (AvgIpc) is 3.22. The summed E-state index contributed by atoms with van der Waals surface area (Å²) in [5, 5.41) is 0. The number of sulfonamides is 1. The van der Waals surface area contributed by atoms with E-state index in [0.717, 1.165) is 18.0 Å². The molecule has 0 aliphatic carbocycles. The topological polar surface area (TPSA) is 96.0 Å². The largest absolute Gasteiger partial charge is 0.301 e. The van der Waals surface area contributed by atoms with Gasteiger partial charge >= 0.3 is 0 Å². The first-order valence-electron chi connectivity index (χ1n) is 8.29. The fraction of sp³-hybridized carbons (Fsp3) is 0.500. The molecule has 2 amide bonds. The minimum atomic E-state index is -3.80. The number of anilines is 1. The quantitative estimate of drug-likeness (QED) is 0.432. The van der Waals surface area contributed by atoms with Gasteiger partial charge in [-0.25, -0.2) is 8.42 Å². The first-order chi connectivity index (χ1) is 12.0. The summed E-state index contributed by atoms with van der Waals surface area (Å²) in [5.74, 6) is -0.548. The van der Waals surface area contributed by atoms with Crippen molar-refractivity contribution in [3.05, 3.63) is 24.3 Å². The van der Waals surface area contributed by atoms with E-state index in [0.29, 0.717) is 12.2 Å². The fourth-order valence-electron chi connectivity index (χ4n) is 2.99. The molecule has 2 aliphatic rings. The maximum absolute atomic E-state index is 12.2. The Morgan fingerprint density at radius 1 is 1.00 bits per heavy atom. The van der Waals surface area contributed by atoms with E-state index in [1.807, 2.05) is 0 Å². The zero-order valence-electron chi connectivity index (χ0n) is 13.8. The summed E-state index contributed by atoms with van der Waals surface area (Å²) in [5.41, 5.74) is 0.376. The zero-order valence-corrected chi connectivity index (χ0v) is 14.6. The standard InChI is InChI=1S/C16H21N3O5S/c20-15-7-8-16(21)19(15)13-3-5-14(6-4-13)25(22,23)17-24-12-11-18-9-1-2-10-18/h3-6,17H,1-2,7-12H2. The van der Waals surface area contributed by atoms with E-state index in [2.05, 4.69) is 9.79 Å². The van der Waals surface area contributed by atoms with Crippen LogP contribution in [0.25, 0.3) is 0 Å². The van der Waals surface area contributed by atoms with Crippen molar-refractivity contribution in [3.8, 4) is 0 Å². The highest BCUT2D eigenvalue weighted by Gasteiger charge is 2.30. The minimum Gasteiger partial charge on any atom is -0.301 e. The number of carbonyl (C=O) groups excluding carboxylic acids is 2. The van der Waals surface area contributed by atoms with Crippen LogP contribution < -0.4 is 9.79 Å². The normalized spacial score (nSPS) is 19.1. The van der Waals surface area contributed by atoms with E-state index < -0.39 is 10.0 Å². The molecule has 2 heterocycles. The van der Waals surface area contributed by atoms with Gasteiger partial charge in [0.25, 0.3) is 10.0 Å². The smallest absolute Gasteiger partial charge is 0.262 e. The van der Waals surface area contributed by atoms with Crippen LogP contribution in [0.2, 0.25) is 0 Å². The lowest BCUT2D eigenvalue weighted by molar-refractivity contribution is -0.121. The van der Waals surface area contributed by atoms with Crippen LogP contribution in [0.1, 0.15) is 25.7 Å². The average molecular weight is 367 g/mol. The summed E-state index contributed by atoms with van der Waals surface area (Å²) in [6.07, 6.45) is 2.71. The third kappa shape index (κ3) is 4.24. The Hall–Kier alpha value is -1.81. The van der Waals surface area contributed by atoms with Crippen LogP contribution in [-0.4, -0.2) is 51.4 Å². The van der Waals surface area contributed by atoms with Crippen LogP contribution in [0, 0.1) is 0 Å². The molecule has 0 radical (unpaired) electrons. The molecule has 0 aromatic heterocycles. The number of hydrogen-bond donors (Lipinski definition) is 1. The Morgan fingerprint density at radius 3 is 2.20 bits per heavy atom. The maximum Gasteiger partial charge on any atom is 0.262 e. The summed E-state index contributed by atoms with van der Waals surface area (Å²) < 4.78 is 24.4. The summed E-state index contributed by atoms with van der Waals surface area (Å²) in [6, 6.07) is 5.58. The summed E-state index contributed by atoms with van der Waals surface area (Å²) in [6.45, 7) is 2.99. The molecule has 0 spiro atoms. The highest BCUT2D eigenvalue weighted by Crippen LogP contribution is 2.23. The van der Waals surface area contributed by atoms with Crippen LogP contribution in [-0.2, 0) is 24.4 Å². The monoisotopic (exact) mass is 367 g/mol. The Bertz CT molecular complexity index is 726. The predicted molar refractivity (Wildman–Crippen MR) is 90.1 cm³/mol. The maximum atomic E-state index is 12.2. The van der Waals surface area contributed by atoms with Crippen molar-refractivity contribution in [2.45, 2.75) is 30.6 Å². The number of nitrogens with one attached hydrogen (secondary N) is 1. The van der Waals surface area contributed by atoms with Crippen LogP contribution >= 0.6 is 0 Å². The first-order valence-corrected chi connectivity index (χ1v) is 9.77. The predicted octanol–water partition coefficient (Wildman–Crippen LogP) is 0.646. The van der Waals surface area contributed by atoms with E-state index >= 15 is 0 Å². The molecule has 3 rings (SSSR count). The lowest BCUT2D eigenvalue weighted by atomic mass is 10.3. The number of likely N-dealkylation sites (tertiary alicyclic amines) is 1. The van der Waals surface area contributed by atoms with Gasteiger partial charge in [-0.05, 0) is 50.2 Å². The molecule has 2 aliphatic heterocycles. The fourth-order valence-corrected chi connectivity index (χ4v) is 3.82. The van der Waals surface area contributed by atoms with Gasteiger partial charge in [0.1, 0.15) is 0 Å². The van der Waals surface area contributed by atoms with E-state index in [1.54, 1.807) is 0 Å². The van der Waals surface area contributed by atoms with Crippen molar-refractivity contribution in [2.75, 3.05) is 31.1 Å². The lowest BCUT2D eigenvalue weighted by Gasteiger charge is -2.15. The van der Waals surface area contributed by atoms with Gasteiger partial charge in [0.15, 0.2) is 0 Å². The van der Waals surface area contributed by atoms with E-state index in [1.165, 1.54) is 37.1 Å². The van der Waals surface area contributed by atoms with Gasteiger partial charge in [0.05, 0.1) is 17.2 Å². The van der Waals surface area contributed by atoms with Crippen molar-refractivity contribution in [1.29, 1.82) is 0 Å². The zero-order chi connectivity index (χ0) is 17.9. The van der Waals surface area contributed by atoms with Crippen molar-refractivity contribution in [1.82, 2.24) is 9.79 Å². The summed E-state index contributed by atoms with van der Waals surface area (Å²) >= 11 is 0. The van der Waals surface area contributed by atoms with Crippen LogP contribution in [0.3, 0.4) is 0 Å². The number of nitrogens with zero attached hydrogens (tertiary/aromatic N) is 2. The minimum absolute atomic E-state index is 0.0107. The summed E-state index contributed by atoms with van der Waals surface area (Å²) in [4.78, 5) is 33.9. The molecule has 8 nitrogen and oxygen atoms in total. The third-order valence-corrected chi connectivity index (χ3v) is 5.56. The number of imide groups is 1. The number of rotatable bonds is 7. The molecule has 2 saturated heterocycles. The van der Waals surface area contributed by atoms with Gasteiger partial charge < -0.3 is 4.90 Å². The Labute approximate surface area is 146 Å². The number of carbonyl (C=O) groups is 2. The SMILES string of the molecule is O=C1CCC(=O)N1c1ccc(S(=O)(=O)NOCCN2CCCC2)cc1. The molecule has 2 fully saturated rings. The van der Waals surface area contributed by atoms with Crippen LogP contribution in [0.4, 0.5) is 5.69 Å². The van der Waals surface area contributed by atoms with Gasteiger partial charge in [-0.15, -0.1) is 0 Å². The Morgan fingerprint density at radius 2 is 1.60 bits per heavy atom. The van der Waals surface area contributed by atoms with Gasteiger partial charge in [0, 0.05) is 19.4 Å². The van der Waals surface area contributed by atoms with E-state index in [-0.39, 0.29) is 36.2 Å². The van der Waals surface area contributed by atoms with Gasteiger partial charge in [-0.1, -0.05) is 4.89 Å². The van der Waals surface area contributed by atoms with Crippen molar-refractivity contribution in [2.24, 2.45) is 0 Å². The second-order valence-electron chi connectivity index (χ2n) is 6.10. The van der Waals surface area contributed by atoms with Gasteiger partial charge in [-0.3, -0.25) is 19.3 Å².